The van der Waals surface area contributed by atoms with E-state index in [0.717, 1.165) is 12.8 Å². The number of aromatic nitrogens is 2. The monoisotopic (exact) mass is 479 g/mol. The van der Waals surface area contributed by atoms with Crippen molar-refractivity contribution in [3.8, 4) is 11.4 Å². The minimum Gasteiger partial charge on any atom is -0.497 e. The molecule has 0 radical (unpaired) electrons. The molecule has 4 rings (SSSR count). The summed E-state index contributed by atoms with van der Waals surface area (Å²) in [5.74, 6) is 1.09. The van der Waals surface area contributed by atoms with Crippen molar-refractivity contribution < 1.29 is 13.9 Å². The van der Waals surface area contributed by atoms with E-state index >= 15 is 0 Å². The van der Waals surface area contributed by atoms with Crippen LogP contribution in [0.5, 0.6) is 5.75 Å². The third-order valence-corrected chi connectivity index (χ3v) is 6.01. The van der Waals surface area contributed by atoms with Gasteiger partial charge in [0.1, 0.15) is 11.6 Å². The Morgan fingerprint density at radius 2 is 1.97 bits per heavy atom. The maximum Gasteiger partial charge on any atom is 0.290 e. The van der Waals surface area contributed by atoms with Crippen molar-refractivity contribution in [2.75, 3.05) is 13.7 Å². The van der Waals surface area contributed by atoms with Crippen LogP contribution in [0.1, 0.15) is 49.1 Å². The van der Waals surface area contributed by atoms with Crippen LogP contribution < -0.4 is 10.3 Å². The second-order valence-electron chi connectivity index (χ2n) is 7.98. The van der Waals surface area contributed by atoms with Gasteiger partial charge >= 0.3 is 0 Å². The van der Waals surface area contributed by atoms with Gasteiger partial charge in [-0.2, -0.15) is 0 Å². The van der Waals surface area contributed by atoms with Crippen LogP contribution in [0, 0.1) is 0 Å². The molecule has 34 heavy (non-hydrogen) atoms. The highest BCUT2D eigenvalue weighted by Gasteiger charge is 2.28. The van der Waals surface area contributed by atoms with Crippen molar-refractivity contribution in [3.05, 3.63) is 87.8 Å². The summed E-state index contributed by atoms with van der Waals surface area (Å²) in [4.78, 5) is 33.5. The fourth-order valence-electron chi connectivity index (χ4n) is 3.92. The lowest BCUT2D eigenvalue weighted by molar-refractivity contribution is 0.0645. The number of halogens is 1. The van der Waals surface area contributed by atoms with Crippen molar-refractivity contribution in [1.82, 2.24) is 14.5 Å². The van der Waals surface area contributed by atoms with Crippen molar-refractivity contribution in [2.45, 2.75) is 32.7 Å². The molecule has 2 heterocycles. The van der Waals surface area contributed by atoms with Gasteiger partial charge in [-0.25, -0.2) is 4.98 Å². The molecule has 0 fully saturated rings. The van der Waals surface area contributed by atoms with E-state index in [2.05, 4.69) is 6.92 Å². The molecule has 0 aliphatic heterocycles. The summed E-state index contributed by atoms with van der Waals surface area (Å²) in [6, 6.07) is 15.0. The average molecular weight is 480 g/mol. The Morgan fingerprint density at radius 1 is 1.21 bits per heavy atom. The van der Waals surface area contributed by atoms with Gasteiger partial charge in [-0.15, -0.1) is 0 Å². The van der Waals surface area contributed by atoms with Crippen LogP contribution in [-0.4, -0.2) is 34.0 Å². The molecule has 0 N–H and O–H groups in total. The first-order valence-electron chi connectivity index (χ1n) is 11.2. The Bertz CT molecular complexity index is 1350. The van der Waals surface area contributed by atoms with Gasteiger partial charge in [0.2, 0.25) is 0 Å². The molecule has 2 aromatic heterocycles. The lowest BCUT2D eigenvalue weighted by Crippen LogP contribution is -2.38. The maximum absolute atomic E-state index is 13.7. The van der Waals surface area contributed by atoms with Gasteiger partial charge in [0.05, 0.1) is 36.0 Å². The number of ether oxygens (including phenoxy) is 1. The Balaban J connectivity index is 1.92. The Kier molecular flexibility index (Phi) is 7.03. The normalized spacial score (nSPS) is 12.0. The molecule has 0 bridgehead atoms. The third kappa shape index (κ3) is 4.56. The molecule has 0 aliphatic carbocycles. The molecule has 8 heteroatoms. The minimum atomic E-state index is -0.526. The molecule has 2 aromatic carbocycles. The topological polar surface area (TPSA) is 77.6 Å². The summed E-state index contributed by atoms with van der Waals surface area (Å²) < 4.78 is 12.2. The number of rotatable bonds is 8. The van der Waals surface area contributed by atoms with Crippen LogP contribution in [-0.2, 0) is 0 Å². The first-order chi connectivity index (χ1) is 16.4. The zero-order valence-electron chi connectivity index (χ0n) is 19.3. The summed E-state index contributed by atoms with van der Waals surface area (Å²) in [5, 5.41) is 0.920. The van der Waals surface area contributed by atoms with Crippen LogP contribution in [0.3, 0.4) is 0 Å². The lowest BCUT2D eigenvalue weighted by atomic mass is 10.1. The van der Waals surface area contributed by atoms with Gasteiger partial charge in [-0.05, 0) is 67.9 Å². The molecule has 0 saturated carbocycles. The molecular weight excluding hydrogens is 454 g/mol. The van der Waals surface area contributed by atoms with E-state index in [1.807, 2.05) is 6.92 Å². The molecule has 7 nitrogen and oxygen atoms in total. The van der Waals surface area contributed by atoms with Crippen LogP contribution in [0.2, 0.25) is 5.02 Å². The number of amides is 1. The number of hydrogen-bond acceptors (Lipinski definition) is 5. The average Bonchev–Trinajstić information content (AvgIpc) is 3.39. The molecule has 0 saturated heterocycles. The predicted molar refractivity (Wildman–Crippen MR) is 132 cm³/mol. The second kappa shape index (κ2) is 10.1. The Hall–Kier alpha value is -3.58. The van der Waals surface area contributed by atoms with E-state index in [0.29, 0.717) is 39.7 Å². The van der Waals surface area contributed by atoms with E-state index in [1.54, 1.807) is 71.2 Å². The first kappa shape index (κ1) is 23.6. The highest BCUT2D eigenvalue weighted by Crippen LogP contribution is 2.26. The van der Waals surface area contributed by atoms with Crippen LogP contribution in [0.15, 0.2) is 70.1 Å². The highest BCUT2D eigenvalue weighted by atomic mass is 35.5. The van der Waals surface area contributed by atoms with Crippen LogP contribution >= 0.6 is 11.6 Å². The van der Waals surface area contributed by atoms with Crippen molar-refractivity contribution in [2.24, 2.45) is 0 Å². The van der Waals surface area contributed by atoms with Gasteiger partial charge in [0.15, 0.2) is 5.76 Å². The number of nitrogens with zero attached hydrogens (tertiary/aromatic N) is 3. The summed E-state index contributed by atoms with van der Waals surface area (Å²) in [6.07, 6.45) is 3.17. The quantitative estimate of drug-likeness (QED) is 0.326. The van der Waals surface area contributed by atoms with Crippen molar-refractivity contribution in [1.29, 1.82) is 0 Å². The molecule has 176 valence electrons. The van der Waals surface area contributed by atoms with Crippen molar-refractivity contribution >= 4 is 28.4 Å². The lowest BCUT2D eigenvalue weighted by Gasteiger charge is -2.30. The van der Waals surface area contributed by atoms with E-state index in [4.69, 9.17) is 25.7 Å². The largest absolute Gasteiger partial charge is 0.497 e. The summed E-state index contributed by atoms with van der Waals surface area (Å²) >= 11 is 6.20. The van der Waals surface area contributed by atoms with Gasteiger partial charge < -0.3 is 14.1 Å². The summed E-state index contributed by atoms with van der Waals surface area (Å²) in [6.45, 7) is 4.42. The van der Waals surface area contributed by atoms with Crippen LogP contribution in [0.25, 0.3) is 16.6 Å². The van der Waals surface area contributed by atoms with Gasteiger partial charge in [0, 0.05) is 11.6 Å². The fraction of sp³-hybridized carbons (Fsp3) is 0.269. The zero-order valence-corrected chi connectivity index (χ0v) is 20.1. The second-order valence-corrected chi connectivity index (χ2v) is 8.41. The predicted octanol–water partition coefficient (Wildman–Crippen LogP) is 5.64. The highest BCUT2D eigenvalue weighted by molar-refractivity contribution is 6.31. The first-order valence-corrected chi connectivity index (χ1v) is 11.5. The van der Waals surface area contributed by atoms with E-state index in [9.17, 15) is 9.59 Å². The zero-order chi connectivity index (χ0) is 24.2. The fourth-order valence-corrected chi connectivity index (χ4v) is 4.08. The summed E-state index contributed by atoms with van der Waals surface area (Å²) in [5.41, 5.74) is 0.859. The Labute approximate surface area is 202 Å². The third-order valence-electron chi connectivity index (χ3n) is 5.77. The molecule has 1 unspecified atom stereocenters. The molecule has 1 atom stereocenters. The number of benzene rings is 2. The van der Waals surface area contributed by atoms with Gasteiger partial charge in [0.25, 0.3) is 11.5 Å². The smallest absolute Gasteiger partial charge is 0.290 e. The Morgan fingerprint density at radius 3 is 2.62 bits per heavy atom. The van der Waals surface area contributed by atoms with Crippen molar-refractivity contribution in [3.63, 3.8) is 0 Å². The van der Waals surface area contributed by atoms with E-state index in [-0.39, 0.29) is 17.2 Å². The molecular formula is C26H26ClN3O4. The molecule has 4 aromatic rings. The van der Waals surface area contributed by atoms with Gasteiger partial charge in [-0.1, -0.05) is 24.9 Å². The van der Waals surface area contributed by atoms with Crippen LogP contribution in [0.4, 0.5) is 0 Å². The van der Waals surface area contributed by atoms with E-state index < -0.39 is 6.04 Å². The molecule has 0 aliphatic rings. The van der Waals surface area contributed by atoms with E-state index in [1.165, 1.54) is 6.26 Å². The number of carbonyl (C=O) groups is 1. The summed E-state index contributed by atoms with van der Waals surface area (Å²) in [7, 11) is 1.59. The standard InChI is InChI=1S/C26H26ClN3O4/c1-4-5-14-29(26(32)23-7-6-15-34-23)17(2)24-28-22-16-18(27)8-13-21(22)25(31)30(24)19-9-11-20(33-3)12-10-19/h6-13,15-17H,4-5,14H2,1-3H3. The number of unbranched alkanes of at least 4 members (excludes halogenated alkanes) is 1. The number of furan rings is 1. The number of hydrogen-bond donors (Lipinski definition) is 0. The maximum atomic E-state index is 13.7. The molecule has 0 spiro atoms. The SMILES string of the molecule is CCCCN(C(=O)c1ccco1)C(C)c1nc2cc(Cl)ccc2c(=O)n1-c1ccc(OC)cc1. The minimum absolute atomic E-state index is 0.241. The molecule has 1 amide bonds. The van der Waals surface area contributed by atoms with Gasteiger partial charge in [-0.3, -0.25) is 14.2 Å². The number of methoxy groups -OCH3 is 1. The number of carbonyl (C=O) groups excluding carboxylic acids is 1. The number of fused-ring (bicyclic) bond motifs is 1.